The van der Waals surface area contributed by atoms with Gasteiger partial charge in [0, 0.05) is 5.56 Å². The first-order valence-electron chi connectivity index (χ1n) is 6.15. The van der Waals surface area contributed by atoms with Crippen molar-refractivity contribution in [1.82, 2.24) is 0 Å². The monoisotopic (exact) mass is 266 g/mol. The molecule has 0 radical (unpaired) electrons. The summed E-state index contributed by atoms with van der Waals surface area (Å²) in [5.41, 5.74) is 1.93. The highest BCUT2D eigenvalue weighted by molar-refractivity contribution is 6.06. The summed E-state index contributed by atoms with van der Waals surface area (Å²) in [7, 11) is 1.50. The van der Waals surface area contributed by atoms with Gasteiger partial charge in [-0.25, -0.2) is 0 Å². The van der Waals surface area contributed by atoms with Gasteiger partial charge in [0.25, 0.3) is 0 Å². The molecule has 0 atom stereocenters. The molecule has 2 rings (SSSR count). The minimum Gasteiger partial charge on any atom is -0.496 e. The molecule has 0 heterocycles. The van der Waals surface area contributed by atoms with Gasteiger partial charge in [-0.3, -0.25) is 9.59 Å². The first-order valence-corrected chi connectivity index (χ1v) is 6.15. The third kappa shape index (κ3) is 3.20. The van der Waals surface area contributed by atoms with Gasteiger partial charge in [0.05, 0.1) is 12.7 Å². The van der Waals surface area contributed by atoms with E-state index in [4.69, 9.17) is 4.74 Å². The molecule has 0 bridgehead atoms. The lowest BCUT2D eigenvalue weighted by molar-refractivity contribution is 0.104. The highest BCUT2D eigenvalue weighted by Gasteiger charge is 2.03. The van der Waals surface area contributed by atoms with Gasteiger partial charge >= 0.3 is 0 Å². The molecule has 0 amide bonds. The summed E-state index contributed by atoms with van der Waals surface area (Å²) in [6.45, 7) is 0. The van der Waals surface area contributed by atoms with Crippen LogP contribution in [0.2, 0.25) is 0 Å². The van der Waals surface area contributed by atoms with Gasteiger partial charge in [-0.05, 0) is 23.8 Å². The van der Waals surface area contributed by atoms with Crippen LogP contribution in [0.25, 0.3) is 6.08 Å². The van der Waals surface area contributed by atoms with E-state index in [0.717, 1.165) is 11.8 Å². The molecular weight excluding hydrogens is 252 g/mol. The van der Waals surface area contributed by atoms with E-state index in [0.29, 0.717) is 16.9 Å². The van der Waals surface area contributed by atoms with Crippen molar-refractivity contribution in [1.29, 1.82) is 0 Å². The molecule has 2 aromatic carbocycles. The Balaban J connectivity index is 2.19. The van der Waals surface area contributed by atoms with Crippen LogP contribution in [0, 0.1) is 0 Å². The number of aldehydes is 1. The Morgan fingerprint density at radius 3 is 2.50 bits per heavy atom. The number of benzene rings is 2. The average Bonchev–Trinajstić information content (AvgIpc) is 2.53. The topological polar surface area (TPSA) is 43.4 Å². The maximum absolute atomic E-state index is 11.9. The molecule has 0 aliphatic heterocycles. The van der Waals surface area contributed by atoms with Crippen LogP contribution in [0.1, 0.15) is 26.3 Å². The Labute approximate surface area is 117 Å². The fraction of sp³-hybridized carbons (Fsp3) is 0.0588. The zero-order chi connectivity index (χ0) is 14.4. The molecule has 0 saturated heterocycles. The molecule has 3 heteroatoms. The summed E-state index contributed by atoms with van der Waals surface area (Å²) in [5, 5.41) is 0. The van der Waals surface area contributed by atoms with Crippen LogP contribution in [-0.4, -0.2) is 19.2 Å². The van der Waals surface area contributed by atoms with Gasteiger partial charge in [-0.1, -0.05) is 42.5 Å². The van der Waals surface area contributed by atoms with Crippen LogP contribution in [0.3, 0.4) is 0 Å². The molecule has 0 aromatic heterocycles. The molecule has 0 unspecified atom stereocenters. The molecule has 2 aromatic rings. The number of carbonyl (C=O) groups is 2. The maximum atomic E-state index is 11.9. The lowest BCUT2D eigenvalue weighted by atomic mass is 10.1. The molecule has 20 heavy (non-hydrogen) atoms. The van der Waals surface area contributed by atoms with E-state index in [2.05, 4.69) is 0 Å². The maximum Gasteiger partial charge on any atom is 0.185 e. The highest BCUT2D eigenvalue weighted by Crippen LogP contribution is 2.19. The van der Waals surface area contributed by atoms with E-state index in [1.807, 2.05) is 18.2 Å². The minimum atomic E-state index is -0.0657. The van der Waals surface area contributed by atoms with Crippen molar-refractivity contribution in [3.63, 3.8) is 0 Å². The van der Waals surface area contributed by atoms with Gasteiger partial charge in [0.2, 0.25) is 0 Å². The highest BCUT2D eigenvalue weighted by atomic mass is 16.5. The molecule has 0 aliphatic carbocycles. The Kier molecular flexibility index (Phi) is 4.45. The Morgan fingerprint density at radius 1 is 1.10 bits per heavy atom. The Bertz CT molecular complexity index is 643. The van der Waals surface area contributed by atoms with Crippen molar-refractivity contribution < 1.29 is 14.3 Å². The SMILES string of the molecule is COc1cc(/C=C/C(=O)c2ccccc2)ccc1C=O. The summed E-state index contributed by atoms with van der Waals surface area (Å²) in [5.74, 6) is 0.429. The molecular formula is C17H14O3. The minimum absolute atomic E-state index is 0.0657. The lowest BCUT2D eigenvalue weighted by Gasteiger charge is -2.04. The first-order chi connectivity index (χ1) is 9.74. The van der Waals surface area contributed by atoms with Crippen molar-refractivity contribution >= 4 is 18.1 Å². The number of hydrogen-bond donors (Lipinski definition) is 0. The summed E-state index contributed by atoms with van der Waals surface area (Å²) < 4.78 is 5.12. The molecule has 0 N–H and O–H groups in total. The first kappa shape index (κ1) is 13.7. The van der Waals surface area contributed by atoms with Crippen molar-refractivity contribution in [3.05, 3.63) is 71.3 Å². The van der Waals surface area contributed by atoms with Crippen molar-refractivity contribution in [2.75, 3.05) is 7.11 Å². The average molecular weight is 266 g/mol. The number of ketones is 1. The van der Waals surface area contributed by atoms with Gasteiger partial charge < -0.3 is 4.74 Å². The van der Waals surface area contributed by atoms with E-state index >= 15 is 0 Å². The normalized spacial score (nSPS) is 10.4. The van der Waals surface area contributed by atoms with Crippen molar-refractivity contribution in [2.45, 2.75) is 0 Å². The van der Waals surface area contributed by atoms with E-state index in [-0.39, 0.29) is 5.78 Å². The van der Waals surface area contributed by atoms with Gasteiger partial charge in [0.1, 0.15) is 5.75 Å². The van der Waals surface area contributed by atoms with Crippen LogP contribution in [0.15, 0.2) is 54.6 Å². The fourth-order valence-electron chi connectivity index (χ4n) is 1.80. The van der Waals surface area contributed by atoms with Gasteiger partial charge in [-0.2, -0.15) is 0 Å². The summed E-state index contributed by atoms with van der Waals surface area (Å²) in [6.07, 6.45) is 3.94. The zero-order valence-corrected chi connectivity index (χ0v) is 11.1. The largest absolute Gasteiger partial charge is 0.496 e. The predicted molar refractivity (Wildman–Crippen MR) is 78.2 cm³/mol. The second kappa shape index (κ2) is 6.48. The lowest BCUT2D eigenvalue weighted by Crippen LogP contribution is -1.93. The van der Waals surface area contributed by atoms with E-state index in [9.17, 15) is 9.59 Å². The fourth-order valence-corrected chi connectivity index (χ4v) is 1.80. The van der Waals surface area contributed by atoms with E-state index < -0.39 is 0 Å². The van der Waals surface area contributed by atoms with E-state index in [1.54, 1.807) is 36.4 Å². The molecule has 0 fully saturated rings. The van der Waals surface area contributed by atoms with E-state index in [1.165, 1.54) is 13.2 Å². The predicted octanol–water partition coefficient (Wildman–Crippen LogP) is 3.40. The summed E-state index contributed by atoms with van der Waals surface area (Å²) in [4.78, 5) is 22.7. The van der Waals surface area contributed by atoms with Gasteiger partial charge in [-0.15, -0.1) is 0 Å². The number of carbonyl (C=O) groups excluding carboxylic acids is 2. The smallest absolute Gasteiger partial charge is 0.185 e. The van der Waals surface area contributed by atoms with Crippen molar-refractivity contribution in [3.8, 4) is 5.75 Å². The molecule has 0 saturated carbocycles. The van der Waals surface area contributed by atoms with Crippen molar-refractivity contribution in [2.24, 2.45) is 0 Å². The molecule has 0 spiro atoms. The Hall–Kier alpha value is -2.68. The number of methoxy groups -OCH3 is 1. The van der Waals surface area contributed by atoms with Crippen LogP contribution < -0.4 is 4.74 Å². The molecule has 3 nitrogen and oxygen atoms in total. The summed E-state index contributed by atoms with van der Waals surface area (Å²) in [6, 6.07) is 14.2. The quantitative estimate of drug-likeness (QED) is 0.473. The van der Waals surface area contributed by atoms with Gasteiger partial charge in [0.15, 0.2) is 12.1 Å². The van der Waals surface area contributed by atoms with Crippen LogP contribution in [-0.2, 0) is 0 Å². The van der Waals surface area contributed by atoms with Crippen LogP contribution in [0.4, 0.5) is 0 Å². The number of hydrogen-bond acceptors (Lipinski definition) is 3. The molecule has 100 valence electrons. The zero-order valence-electron chi connectivity index (χ0n) is 11.1. The third-order valence-corrected chi connectivity index (χ3v) is 2.87. The van der Waals surface area contributed by atoms with Crippen LogP contribution in [0.5, 0.6) is 5.75 Å². The standard InChI is InChI=1S/C17H14O3/c1-20-17-11-13(7-9-15(17)12-18)8-10-16(19)14-5-3-2-4-6-14/h2-12H,1H3/b10-8+. The van der Waals surface area contributed by atoms with Crippen LogP contribution >= 0.6 is 0 Å². The molecule has 0 aliphatic rings. The number of allylic oxidation sites excluding steroid dienone is 1. The number of ether oxygens (including phenoxy) is 1. The number of rotatable bonds is 5. The second-order valence-electron chi connectivity index (χ2n) is 4.18. The Morgan fingerprint density at radius 2 is 1.85 bits per heavy atom. The second-order valence-corrected chi connectivity index (χ2v) is 4.18. The summed E-state index contributed by atoms with van der Waals surface area (Å²) >= 11 is 0. The third-order valence-electron chi connectivity index (χ3n) is 2.87.